The predicted octanol–water partition coefficient (Wildman–Crippen LogP) is 4.17. The molecule has 1 aromatic heterocycles. The summed E-state index contributed by atoms with van der Waals surface area (Å²) in [6, 6.07) is 0.680. The van der Waals surface area contributed by atoms with Gasteiger partial charge in [0.15, 0.2) is 18.3 Å². The van der Waals surface area contributed by atoms with Gasteiger partial charge < -0.3 is 0 Å². The number of rotatable bonds is 2. The molecule has 0 amide bonds. The number of aryl methyl sites for hydroxylation is 1. The third kappa shape index (κ3) is 1.58. The summed E-state index contributed by atoms with van der Waals surface area (Å²) in [5.41, 5.74) is -5.09. The summed E-state index contributed by atoms with van der Waals surface area (Å²) < 4.78 is 80.7. The summed E-state index contributed by atoms with van der Waals surface area (Å²) in [7, 11) is 0. The van der Waals surface area contributed by atoms with Gasteiger partial charge in [-0.3, -0.25) is 4.79 Å². The topological polar surface area (TPSA) is 17.1 Å². The minimum absolute atomic E-state index is 0.139. The van der Waals surface area contributed by atoms with Crippen LogP contribution in [-0.2, 0) is 5.67 Å². The van der Waals surface area contributed by atoms with E-state index in [-0.39, 0.29) is 16.0 Å². The molecule has 2 atom stereocenters. The van der Waals surface area contributed by atoms with Crippen LogP contribution in [-0.4, -0.2) is 18.4 Å². The van der Waals surface area contributed by atoms with Gasteiger partial charge in [-0.2, -0.15) is 8.78 Å². The fraction of sp³-hybridized carbons (Fsp3) is 0.364. The molecule has 104 valence electrons. The van der Waals surface area contributed by atoms with Crippen LogP contribution in [0.2, 0.25) is 0 Å². The van der Waals surface area contributed by atoms with Gasteiger partial charge in [-0.25, -0.2) is 17.6 Å². The Morgan fingerprint density at radius 3 is 2.26 bits per heavy atom. The summed E-state index contributed by atoms with van der Waals surface area (Å²) in [5, 5.41) is 0. The Kier molecular flexibility index (Phi) is 3.04. The van der Waals surface area contributed by atoms with Crippen molar-refractivity contribution in [1.82, 2.24) is 0 Å². The SMILES string of the molecule is Cc1sc(C=O)cc1C1(F)C(F)C(F)=C(F)C1(F)F. The first-order valence-electron chi connectivity index (χ1n) is 5.00. The van der Waals surface area contributed by atoms with Crippen LogP contribution in [0.4, 0.5) is 26.3 Å². The Hall–Kier alpha value is -1.31. The van der Waals surface area contributed by atoms with E-state index in [1.165, 1.54) is 0 Å². The van der Waals surface area contributed by atoms with Crippen molar-refractivity contribution in [1.29, 1.82) is 0 Å². The van der Waals surface area contributed by atoms with E-state index in [0.29, 0.717) is 17.4 Å². The Balaban J connectivity index is 2.66. The van der Waals surface area contributed by atoms with Crippen molar-refractivity contribution >= 4 is 17.6 Å². The average molecular weight is 300 g/mol. The number of aldehydes is 1. The second kappa shape index (κ2) is 4.09. The highest BCUT2D eigenvalue weighted by molar-refractivity contribution is 7.13. The summed E-state index contributed by atoms with van der Waals surface area (Å²) in [4.78, 5) is 10.2. The molecule has 1 aliphatic carbocycles. The number of carbonyl (C=O) groups excluding carboxylic acids is 1. The van der Waals surface area contributed by atoms with Gasteiger partial charge in [-0.15, -0.1) is 11.3 Å². The quantitative estimate of drug-likeness (QED) is 0.592. The van der Waals surface area contributed by atoms with E-state index in [1.54, 1.807) is 0 Å². The van der Waals surface area contributed by atoms with Crippen LogP contribution >= 0.6 is 11.3 Å². The van der Waals surface area contributed by atoms with E-state index < -0.39 is 35.0 Å². The highest BCUT2D eigenvalue weighted by Crippen LogP contribution is 2.59. The maximum Gasteiger partial charge on any atom is 0.342 e. The molecule has 0 aliphatic heterocycles. The number of carbonyl (C=O) groups is 1. The molecule has 0 N–H and O–H groups in total. The van der Waals surface area contributed by atoms with Crippen LogP contribution in [0, 0.1) is 6.92 Å². The third-order valence-corrected chi connectivity index (χ3v) is 3.93. The van der Waals surface area contributed by atoms with Gasteiger partial charge in [0.2, 0.25) is 11.5 Å². The molecule has 19 heavy (non-hydrogen) atoms. The Morgan fingerprint density at radius 2 is 1.89 bits per heavy atom. The summed E-state index contributed by atoms with van der Waals surface area (Å²) in [6.45, 7) is 1.16. The van der Waals surface area contributed by atoms with Gasteiger partial charge in [0.25, 0.3) is 0 Å². The molecule has 1 aromatic rings. The van der Waals surface area contributed by atoms with Gasteiger partial charge >= 0.3 is 5.92 Å². The zero-order chi connectivity index (χ0) is 14.6. The molecule has 8 heteroatoms. The molecule has 1 heterocycles. The normalized spacial score (nSPS) is 29.9. The van der Waals surface area contributed by atoms with Crippen molar-refractivity contribution in [2.75, 3.05) is 0 Å². The highest BCUT2D eigenvalue weighted by Gasteiger charge is 2.72. The second-order valence-corrected chi connectivity index (χ2v) is 5.34. The third-order valence-electron chi connectivity index (χ3n) is 2.96. The van der Waals surface area contributed by atoms with Gasteiger partial charge in [-0.1, -0.05) is 0 Å². The smallest absolute Gasteiger partial charge is 0.297 e. The van der Waals surface area contributed by atoms with Crippen molar-refractivity contribution in [3.05, 3.63) is 33.0 Å². The number of allylic oxidation sites excluding steroid dienone is 2. The molecule has 0 saturated heterocycles. The largest absolute Gasteiger partial charge is 0.342 e. The Morgan fingerprint density at radius 1 is 1.32 bits per heavy atom. The first-order valence-corrected chi connectivity index (χ1v) is 5.82. The second-order valence-electron chi connectivity index (χ2n) is 4.05. The molecule has 0 spiro atoms. The number of hydrogen-bond donors (Lipinski definition) is 0. The summed E-state index contributed by atoms with van der Waals surface area (Å²) in [5.74, 6) is -10.2. The van der Waals surface area contributed by atoms with E-state index in [2.05, 4.69) is 0 Å². The molecule has 0 fully saturated rings. The first kappa shape index (κ1) is 14.1. The van der Waals surface area contributed by atoms with Gasteiger partial charge in [-0.05, 0) is 13.0 Å². The van der Waals surface area contributed by atoms with E-state index in [1.807, 2.05) is 0 Å². The van der Waals surface area contributed by atoms with Crippen molar-refractivity contribution < 1.29 is 31.1 Å². The van der Waals surface area contributed by atoms with Crippen molar-refractivity contribution in [3.8, 4) is 0 Å². The Bertz CT molecular complexity index is 578. The summed E-state index contributed by atoms with van der Waals surface area (Å²) >= 11 is 0.634. The molecule has 0 saturated carbocycles. The molecule has 0 aromatic carbocycles. The van der Waals surface area contributed by atoms with Crippen LogP contribution in [0.1, 0.15) is 20.1 Å². The van der Waals surface area contributed by atoms with E-state index in [9.17, 15) is 31.1 Å². The maximum absolute atomic E-state index is 14.4. The van der Waals surface area contributed by atoms with Gasteiger partial charge in [0.05, 0.1) is 4.88 Å². The fourth-order valence-corrected chi connectivity index (χ4v) is 2.88. The van der Waals surface area contributed by atoms with Crippen LogP contribution in [0.3, 0.4) is 0 Å². The fourth-order valence-electron chi connectivity index (χ4n) is 1.98. The van der Waals surface area contributed by atoms with Crippen molar-refractivity contribution in [3.63, 3.8) is 0 Å². The molecular formula is C11H6F6OS. The zero-order valence-electron chi connectivity index (χ0n) is 9.32. The zero-order valence-corrected chi connectivity index (χ0v) is 10.1. The lowest BCUT2D eigenvalue weighted by Gasteiger charge is -2.28. The average Bonchev–Trinajstić information content (AvgIpc) is 2.80. The number of halogens is 6. The maximum atomic E-state index is 14.4. The van der Waals surface area contributed by atoms with Crippen molar-refractivity contribution in [2.45, 2.75) is 24.7 Å². The van der Waals surface area contributed by atoms with Crippen LogP contribution in [0.5, 0.6) is 0 Å². The van der Waals surface area contributed by atoms with E-state index >= 15 is 0 Å². The molecule has 0 bridgehead atoms. The van der Waals surface area contributed by atoms with E-state index in [0.717, 1.165) is 6.92 Å². The lowest BCUT2D eigenvalue weighted by molar-refractivity contribution is -0.136. The van der Waals surface area contributed by atoms with Crippen LogP contribution < -0.4 is 0 Å². The molecular weight excluding hydrogens is 294 g/mol. The lowest BCUT2D eigenvalue weighted by atomic mass is 9.89. The molecule has 1 nitrogen and oxygen atoms in total. The standard InChI is InChI=1S/C11H6F6OS/c1-4-6(2-5(3-18)19-4)10(15)8(13)7(12)9(14)11(10,16)17/h2-3,8H,1H3. The van der Waals surface area contributed by atoms with Gasteiger partial charge in [0, 0.05) is 10.4 Å². The number of alkyl halides is 4. The van der Waals surface area contributed by atoms with Crippen LogP contribution in [0.15, 0.2) is 17.7 Å². The minimum Gasteiger partial charge on any atom is -0.297 e. The van der Waals surface area contributed by atoms with Gasteiger partial charge in [0.1, 0.15) is 0 Å². The Labute approximate surface area is 107 Å². The number of thiophene rings is 1. The molecule has 2 unspecified atom stereocenters. The van der Waals surface area contributed by atoms with E-state index in [4.69, 9.17) is 0 Å². The molecule has 0 radical (unpaired) electrons. The number of hydrogen-bond acceptors (Lipinski definition) is 2. The summed E-state index contributed by atoms with van der Waals surface area (Å²) in [6.07, 6.45) is -3.19. The lowest BCUT2D eigenvalue weighted by Crippen LogP contribution is -2.44. The molecule has 1 aliphatic rings. The predicted molar refractivity (Wildman–Crippen MR) is 56.3 cm³/mol. The minimum atomic E-state index is -4.96. The first-order chi connectivity index (χ1) is 8.67. The van der Waals surface area contributed by atoms with Crippen LogP contribution in [0.25, 0.3) is 0 Å². The molecule has 2 rings (SSSR count). The van der Waals surface area contributed by atoms with Crippen molar-refractivity contribution in [2.24, 2.45) is 0 Å². The highest BCUT2D eigenvalue weighted by atomic mass is 32.1. The monoisotopic (exact) mass is 300 g/mol.